The first-order valence-corrected chi connectivity index (χ1v) is 5.82. The summed E-state index contributed by atoms with van der Waals surface area (Å²) in [6, 6.07) is 7.96. The minimum Gasteiger partial charge on any atom is -0.327 e. The number of thioether (sulfide) groups is 1. The third kappa shape index (κ3) is 4.85. The first kappa shape index (κ1) is 12.1. The second kappa shape index (κ2) is 5.78. The van der Waals surface area contributed by atoms with Gasteiger partial charge in [0.25, 0.3) is 0 Å². The number of hydrogen-bond donors (Lipinski definition) is 2. The second-order valence-electron chi connectivity index (χ2n) is 3.49. The molecule has 0 aliphatic rings. The molecule has 4 heteroatoms. The molecule has 0 saturated carbocycles. The molecule has 0 heterocycles. The largest absolute Gasteiger partial charge is 0.327 e. The normalized spacial score (nSPS) is 12.2. The SMILES string of the molecule is CC(=O)Nc1ccc(SC[C@@H](C)N)cc1. The molecule has 1 amide bonds. The zero-order valence-electron chi connectivity index (χ0n) is 8.99. The number of nitrogens with two attached hydrogens (primary N) is 1. The molecule has 0 saturated heterocycles. The van der Waals surface area contributed by atoms with Gasteiger partial charge in [-0.3, -0.25) is 4.79 Å². The Hall–Kier alpha value is -1.00. The third-order valence-electron chi connectivity index (χ3n) is 1.69. The molecule has 1 aromatic carbocycles. The summed E-state index contributed by atoms with van der Waals surface area (Å²) < 4.78 is 0. The number of benzene rings is 1. The van der Waals surface area contributed by atoms with Gasteiger partial charge in [-0.1, -0.05) is 0 Å². The minimum atomic E-state index is -0.0500. The number of hydrogen-bond acceptors (Lipinski definition) is 3. The van der Waals surface area contributed by atoms with Crippen LogP contribution in [0.4, 0.5) is 5.69 Å². The van der Waals surface area contributed by atoms with E-state index in [1.54, 1.807) is 11.8 Å². The summed E-state index contributed by atoms with van der Waals surface area (Å²) in [5, 5.41) is 2.72. The van der Waals surface area contributed by atoms with E-state index in [-0.39, 0.29) is 11.9 Å². The van der Waals surface area contributed by atoms with Crippen molar-refractivity contribution in [1.29, 1.82) is 0 Å². The van der Waals surface area contributed by atoms with E-state index in [0.29, 0.717) is 0 Å². The van der Waals surface area contributed by atoms with Crippen LogP contribution in [-0.4, -0.2) is 17.7 Å². The van der Waals surface area contributed by atoms with Gasteiger partial charge in [0.1, 0.15) is 0 Å². The van der Waals surface area contributed by atoms with Crippen molar-refractivity contribution in [3.63, 3.8) is 0 Å². The van der Waals surface area contributed by atoms with Crippen LogP contribution >= 0.6 is 11.8 Å². The van der Waals surface area contributed by atoms with Gasteiger partial charge in [0.2, 0.25) is 5.91 Å². The monoisotopic (exact) mass is 224 g/mol. The number of amides is 1. The van der Waals surface area contributed by atoms with Crippen molar-refractivity contribution in [3.8, 4) is 0 Å². The van der Waals surface area contributed by atoms with Crippen molar-refractivity contribution in [2.45, 2.75) is 24.8 Å². The highest BCUT2D eigenvalue weighted by atomic mass is 32.2. The van der Waals surface area contributed by atoms with E-state index in [0.717, 1.165) is 11.4 Å². The maximum atomic E-state index is 10.8. The maximum absolute atomic E-state index is 10.8. The van der Waals surface area contributed by atoms with E-state index >= 15 is 0 Å². The predicted octanol–water partition coefficient (Wildman–Crippen LogP) is 2.08. The summed E-state index contributed by atoms with van der Waals surface area (Å²) in [6.07, 6.45) is 0. The molecule has 0 unspecified atom stereocenters. The summed E-state index contributed by atoms with van der Waals surface area (Å²) in [5.74, 6) is 0.852. The Morgan fingerprint density at radius 3 is 2.53 bits per heavy atom. The molecule has 1 rings (SSSR count). The van der Waals surface area contributed by atoms with E-state index in [9.17, 15) is 4.79 Å². The molecular weight excluding hydrogens is 208 g/mol. The van der Waals surface area contributed by atoms with Crippen LogP contribution in [0.15, 0.2) is 29.2 Å². The molecule has 1 aromatic rings. The first-order chi connectivity index (χ1) is 7.08. The molecule has 15 heavy (non-hydrogen) atoms. The quantitative estimate of drug-likeness (QED) is 0.770. The second-order valence-corrected chi connectivity index (χ2v) is 4.59. The molecule has 0 bridgehead atoms. The minimum absolute atomic E-state index is 0.0500. The number of rotatable bonds is 4. The van der Waals surface area contributed by atoms with Gasteiger partial charge in [-0.15, -0.1) is 11.8 Å². The van der Waals surface area contributed by atoms with Gasteiger partial charge in [0.15, 0.2) is 0 Å². The Kier molecular flexibility index (Phi) is 4.65. The fourth-order valence-electron chi connectivity index (χ4n) is 1.07. The molecule has 1 atom stereocenters. The van der Waals surface area contributed by atoms with Crippen molar-refractivity contribution < 1.29 is 4.79 Å². The van der Waals surface area contributed by atoms with E-state index in [4.69, 9.17) is 5.73 Å². The Labute approximate surface area is 94.4 Å². The Morgan fingerprint density at radius 1 is 1.47 bits per heavy atom. The van der Waals surface area contributed by atoms with Gasteiger partial charge in [-0.2, -0.15) is 0 Å². The fraction of sp³-hybridized carbons (Fsp3) is 0.364. The molecule has 3 N–H and O–H groups in total. The average molecular weight is 224 g/mol. The predicted molar refractivity (Wildman–Crippen MR) is 65.1 cm³/mol. The summed E-state index contributed by atoms with van der Waals surface area (Å²) >= 11 is 1.72. The molecular formula is C11H16N2OS. The average Bonchev–Trinajstić information content (AvgIpc) is 2.16. The van der Waals surface area contributed by atoms with Gasteiger partial charge < -0.3 is 11.1 Å². The lowest BCUT2D eigenvalue weighted by Crippen LogP contribution is -2.17. The lowest BCUT2D eigenvalue weighted by molar-refractivity contribution is -0.114. The summed E-state index contributed by atoms with van der Waals surface area (Å²) in [6.45, 7) is 3.48. The van der Waals surface area contributed by atoms with Crippen molar-refractivity contribution in [1.82, 2.24) is 0 Å². The summed E-state index contributed by atoms with van der Waals surface area (Å²) in [7, 11) is 0. The van der Waals surface area contributed by atoms with Crippen LogP contribution in [0, 0.1) is 0 Å². The molecule has 0 fully saturated rings. The Morgan fingerprint density at radius 2 is 2.07 bits per heavy atom. The van der Waals surface area contributed by atoms with E-state index < -0.39 is 0 Å². The zero-order valence-corrected chi connectivity index (χ0v) is 9.80. The van der Waals surface area contributed by atoms with E-state index in [1.807, 2.05) is 31.2 Å². The topological polar surface area (TPSA) is 55.1 Å². The van der Waals surface area contributed by atoms with Crippen LogP contribution in [0.2, 0.25) is 0 Å². The molecule has 0 radical (unpaired) electrons. The standard InChI is InChI=1S/C11H16N2OS/c1-8(12)7-15-11-5-3-10(4-6-11)13-9(2)14/h3-6,8H,7,12H2,1-2H3,(H,13,14)/t8-/m1/s1. The number of nitrogens with one attached hydrogen (secondary N) is 1. The van der Waals surface area contributed by atoms with Gasteiger partial charge in [-0.05, 0) is 31.2 Å². The fourth-order valence-corrected chi connectivity index (χ4v) is 1.85. The Bertz CT molecular complexity index is 322. The van der Waals surface area contributed by atoms with Crippen LogP contribution in [0.25, 0.3) is 0 Å². The molecule has 0 aliphatic heterocycles. The van der Waals surface area contributed by atoms with Gasteiger partial charge in [-0.25, -0.2) is 0 Å². The summed E-state index contributed by atoms with van der Waals surface area (Å²) in [5.41, 5.74) is 6.48. The van der Waals surface area contributed by atoms with Gasteiger partial charge in [0.05, 0.1) is 0 Å². The van der Waals surface area contributed by atoms with Crippen LogP contribution in [0.3, 0.4) is 0 Å². The molecule has 0 aromatic heterocycles. The van der Waals surface area contributed by atoms with Crippen LogP contribution in [0.5, 0.6) is 0 Å². The van der Waals surface area contributed by atoms with Gasteiger partial charge in [0, 0.05) is 29.3 Å². The molecule has 3 nitrogen and oxygen atoms in total. The highest BCUT2D eigenvalue weighted by molar-refractivity contribution is 7.99. The number of carbonyl (C=O) groups is 1. The third-order valence-corrected chi connectivity index (χ3v) is 2.99. The molecule has 0 aliphatic carbocycles. The smallest absolute Gasteiger partial charge is 0.221 e. The molecule has 82 valence electrons. The molecule has 0 spiro atoms. The first-order valence-electron chi connectivity index (χ1n) is 4.84. The van der Waals surface area contributed by atoms with E-state index in [1.165, 1.54) is 11.8 Å². The van der Waals surface area contributed by atoms with Crippen LogP contribution in [0.1, 0.15) is 13.8 Å². The lowest BCUT2D eigenvalue weighted by Gasteiger charge is -2.06. The highest BCUT2D eigenvalue weighted by Crippen LogP contribution is 2.20. The lowest BCUT2D eigenvalue weighted by atomic mass is 10.3. The van der Waals surface area contributed by atoms with Crippen molar-refractivity contribution >= 4 is 23.4 Å². The zero-order chi connectivity index (χ0) is 11.3. The number of anilines is 1. The van der Waals surface area contributed by atoms with Crippen molar-refractivity contribution in [2.24, 2.45) is 5.73 Å². The van der Waals surface area contributed by atoms with Gasteiger partial charge >= 0.3 is 0 Å². The van der Waals surface area contributed by atoms with E-state index in [2.05, 4.69) is 5.32 Å². The Balaban J connectivity index is 2.52. The van der Waals surface area contributed by atoms with Crippen LogP contribution in [-0.2, 0) is 4.79 Å². The van der Waals surface area contributed by atoms with Crippen molar-refractivity contribution in [2.75, 3.05) is 11.1 Å². The summed E-state index contributed by atoms with van der Waals surface area (Å²) in [4.78, 5) is 11.9. The highest BCUT2D eigenvalue weighted by Gasteiger charge is 1.98. The van der Waals surface area contributed by atoms with Crippen molar-refractivity contribution in [3.05, 3.63) is 24.3 Å². The number of carbonyl (C=O) groups excluding carboxylic acids is 1. The van der Waals surface area contributed by atoms with Crippen LogP contribution < -0.4 is 11.1 Å². The maximum Gasteiger partial charge on any atom is 0.221 e.